The molecule has 35 heavy (non-hydrogen) atoms. The van der Waals surface area contributed by atoms with Crippen LogP contribution in [0.1, 0.15) is 47.2 Å². The molecule has 3 aromatic rings. The third-order valence-corrected chi connectivity index (χ3v) is 6.41. The van der Waals surface area contributed by atoms with Gasteiger partial charge < -0.3 is 16.0 Å². The quantitative estimate of drug-likeness (QED) is 0.452. The van der Waals surface area contributed by atoms with E-state index >= 15 is 0 Å². The maximum absolute atomic E-state index is 12.9. The summed E-state index contributed by atoms with van der Waals surface area (Å²) in [4.78, 5) is 24.8. The van der Waals surface area contributed by atoms with Gasteiger partial charge in [-0.15, -0.1) is 0 Å². The van der Waals surface area contributed by atoms with Gasteiger partial charge in [-0.05, 0) is 47.4 Å². The minimum absolute atomic E-state index is 0.0864. The van der Waals surface area contributed by atoms with E-state index in [4.69, 9.17) is 0 Å². The molecule has 0 bridgehead atoms. The molecule has 0 aliphatic heterocycles. The predicted molar refractivity (Wildman–Crippen MR) is 129 cm³/mol. The molecule has 1 aliphatic rings. The first kappa shape index (κ1) is 24.7. The standard InChI is InChI=1S/C27H28F3N3O2/c28-27(29,30)21-11-6-9-19(15-21)26(35)32-17-25(34)33-24-14-4-3-13-23(24)31-16-20-10-5-8-18-7-1-2-12-22(18)20/h1-2,5-12,15,23-24,31H,3-4,13-14,16-17H2,(H,32,35)(H,33,34)/t23-,24+/m0/s1. The molecule has 3 N–H and O–H groups in total. The van der Waals surface area contributed by atoms with Crippen molar-refractivity contribution in [1.82, 2.24) is 16.0 Å². The highest BCUT2D eigenvalue weighted by atomic mass is 19.4. The van der Waals surface area contributed by atoms with Crippen LogP contribution in [0.4, 0.5) is 13.2 Å². The van der Waals surface area contributed by atoms with Crippen molar-refractivity contribution in [3.8, 4) is 0 Å². The zero-order valence-corrected chi connectivity index (χ0v) is 19.2. The number of rotatable bonds is 7. The Kier molecular flexibility index (Phi) is 7.70. The van der Waals surface area contributed by atoms with Gasteiger partial charge in [0.1, 0.15) is 0 Å². The molecule has 1 saturated carbocycles. The number of carbonyl (C=O) groups is 2. The lowest BCUT2D eigenvalue weighted by atomic mass is 9.90. The van der Waals surface area contributed by atoms with E-state index in [0.29, 0.717) is 6.54 Å². The van der Waals surface area contributed by atoms with Crippen LogP contribution in [-0.4, -0.2) is 30.4 Å². The second-order valence-electron chi connectivity index (χ2n) is 8.85. The molecule has 2 atom stereocenters. The van der Waals surface area contributed by atoms with Gasteiger partial charge in [-0.1, -0.05) is 61.4 Å². The van der Waals surface area contributed by atoms with Crippen molar-refractivity contribution < 1.29 is 22.8 Å². The average Bonchev–Trinajstić information content (AvgIpc) is 2.86. The summed E-state index contributed by atoms with van der Waals surface area (Å²) in [7, 11) is 0. The maximum Gasteiger partial charge on any atom is 0.416 e. The van der Waals surface area contributed by atoms with Gasteiger partial charge >= 0.3 is 6.18 Å². The minimum atomic E-state index is -4.54. The molecule has 1 fully saturated rings. The lowest BCUT2D eigenvalue weighted by molar-refractivity contribution is -0.137. The second kappa shape index (κ2) is 10.9. The van der Waals surface area contributed by atoms with E-state index in [-0.39, 0.29) is 30.1 Å². The van der Waals surface area contributed by atoms with Crippen LogP contribution in [0.3, 0.4) is 0 Å². The highest BCUT2D eigenvalue weighted by Gasteiger charge is 2.31. The fourth-order valence-corrected chi connectivity index (χ4v) is 4.59. The van der Waals surface area contributed by atoms with Crippen molar-refractivity contribution in [3.05, 3.63) is 83.4 Å². The van der Waals surface area contributed by atoms with Crippen LogP contribution in [0.15, 0.2) is 66.7 Å². The fraction of sp³-hybridized carbons (Fsp3) is 0.333. The molecule has 1 aliphatic carbocycles. The van der Waals surface area contributed by atoms with Gasteiger partial charge in [0, 0.05) is 24.2 Å². The highest BCUT2D eigenvalue weighted by molar-refractivity contribution is 5.96. The normalized spacial score (nSPS) is 18.3. The van der Waals surface area contributed by atoms with Gasteiger partial charge in [0.25, 0.3) is 5.91 Å². The monoisotopic (exact) mass is 483 g/mol. The van der Waals surface area contributed by atoms with Crippen molar-refractivity contribution in [1.29, 1.82) is 0 Å². The Morgan fingerprint density at radius 3 is 2.40 bits per heavy atom. The number of fused-ring (bicyclic) bond motifs is 1. The summed E-state index contributed by atoms with van der Waals surface area (Å²) in [5.41, 5.74) is 0.143. The van der Waals surface area contributed by atoms with E-state index in [1.807, 2.05) is 18.2 Å². The van der Waals surface area contributed by atoms with E-state index in [1.165, 1.54) is 28.5 Å². The molecule has 4 rings (SSSR count). The molecule has 0 heterocycles. The molecule has 8 heteroatoms. The van der Waals surface area contributed by atoms with E-state index in [9.17, 15) is 22.8 Å². The van der Waals surface area contributed by atoms with Crippen molar-refractivity contribution in [3.63, 3.8) is 0 Å². The summed E-state index contributed by atoms with van der Waals surface area (Å²) in [6.45, 7) is 0.367. The Labute approximate surface area is 202 Å². The zero-order valence-electron chi connectivity index (χ0n) is 19.2. The van der Waals surface area contributed by atoms with Crippen LogP contribution in [0.5, 0.6) is 0 Å². The summed E-state index contributed by atoms with van der Waals surface area (Å²) < 4.78 is 38.7. The van der Waals surface area contributed by atoms with Crippen molar-refractivity contribution >= 4 is 22.6 Å². The SMILES string of the molecule is O=C(CNC(=O)c1cccc(C(F)(F)F)c1)N[C@@H]1CCCC[C@@H]1NCc1cccc2ccccc12. The lowest BCUT2D eigenvalue weighted by Crippen LogP contribution is -2.53. The fourth-order valence-electron chi connectivity index (χ4n) is 4.59. The van der Waals surface area contributed by atoms with Crippen molar-refractivity contribution in [2.24, 2.45) is 0 Å². The molecular formula is C27H28F3N3O2. The molecule has 0 saturated heterocycles. The zero-order chi connectivity index (χ0) is 24.8. The van der Waals surface area contributed by atoms with Crippen LogP contribution >= 0.6 is 0 Å². The largest absolute Gasteiger partial charge is 0.416 e. The Morgan fingerprint density at radius 2 is 1.60 bits per heavy atom. The average molecular weight is 484 g/mol. The molecule has 3 aromatic carbocycles. The Balaban J connectivity index is 1.32. The lowest BCUT2D eigenvalue weighted by Gasteiger charge is -2.33. The maximum atomic E-state index is 12.9. The van der Waals surface area contributed by atoms with E-state index in [2.05, 4.69) is 40.2 Å². The van der Waals surface area contributed by atoms with E-state index < -0.39 is 17.6 Å². The van der Waals surface area contributed by atoms with Crippen LogP contribution < -0.4 is 16.0 Å². The van der Waals surface area contributed by atoms with E-state index in [0.717, 1.165) is 37.8 Å². The first-order valence-corrected chi connectivity index (χ1v) is 11.8. The first-order chi connectivity index (χ1) is 16.8. The molecule has 0 aromatic heterocycles. The molecule has 0 spiro atoms. The van der Waals surface area contributed by atoms with Crippen LogP contribution in [0.25, 0.3) is 10.8 Å². The Bertz CT molecular complexity index is 1190. The third kappa shape index (κ3) is 6.39. The number of amides is 2. The molecule has 2 amide bonds. The minimum Gasteiger partial charge on any atom is -0.350 e. The number of hydrogen-bond donors (Lipinski definition) is 3. The van der Waals surface area contributed by atoms with Gasteiger partial charge in [-0.25, -0.2) is 0 Å². The number of nitrogens with one attached hydrogen (secondary N) is 3. The molecule has 0 unspecified atom stereocenters. The molecule has 0 radical (unpaired) electrons. The van der Waals surface area contributed by atoms with E-state index in [1.54, 1.807) is 0 Å². The number of halogens is 3. The second-order valence-corrected chi connectivity index (χ2v) is 8.85. The molecule has 184 valence electrons. The number of alkyl halides is 3. The Hall–Kier alpha value is -3.39. The van der Waals surface area contributed by atoms with Gasteiger partial charge in [0.05, 0.1) is 12.1 Å². The Morgan fingerprint density at radius 1 is 0.886 bits per heavy atom. The van der Waals surface area contributed by atoms with Crippen molar-refractivity contribution in [2.75, 3.05) is 6.54 Å². The van der Waals surface area contributed by atoms with Gasteiger partial charge in [0.15, 0.2) is 0 Å². The number of hydrogen-bond acceptors (Lipinski definition) is 3. The van der Waals surface area contributed by atoms with Gasteiger partial charge in [0.2, 0.25) is 5.91 Å². The topological polar surface area (TPSA) is 70.2 Å². The number of benzene rings is 3. The smallest absolute Gasteiger partial charge is 0.350 e. The predicted octanol–water partition coefficient (Wildman–Crippen LogP) is 4.81. The molecular weight excluding hydrogens is 455 g/mol. The van der Waals surface area contributed by atoms with Crippen LogP contribution in [-0.2, 0) is 17.5 Å². The first-order valence-electron chi connectivity index (χ1n) is 11.8. The number of carbonyl (C=O) groups excluding carboxylic acids is 2. The summed E-state index contributed by atoms with van der Waals surface area (Å²) in [6, 6.07) is 18.6. The summed E-state index contributed by atoms with van der Waals surface area (Å²) in [6.07, 6.45) is -0.741. The summed E-state index contributed by atoms with van der Waals surface area (Å²) >= 11 is 0. The van der Waals surface area contributed by atoms with Crippen LogP contribution in [0, 0.1) is 0 Å². The van der Waals surface area contributed by atoms with Crippen LogP contribution in [0.2, 0.25) is 0 Å². The summed E-state index contributed by atoms with van der Waals surface area (Å²) in [5, 5.41) is 11.4. The van der Waals surface area contributed by atoms with Gasteiger partial charge in [-0.3, -0.25) is 9.59 Å². The molecule has 5 nitrogen and oxygen atoms in total. The van der Waals surface area contributed by atoms with Crippen molar-refractivity contribution in [2.45, 2.75) is 50.5 Å². The third-order valence-electron chi connectivity index (χ3n) is 6.41. The highest BCUT2D eigenvalue weighted by Crippen LogP contribution is 2.29. The summed E-state index contributed by atoms with van der Waals surface area (Å²) in [5.74, 6) is -1.09. The van der Waals surface area contributed by atoms with Gasteiger partial charge in [-0.2, -0.15) is 13.2 Å².